The van der Waals surface area contributed by atoms with Crippen LogP contribution in [0.1, 0.15) is 46.5 Å². The van der Waals surface area contributed by atoms with Gasteiger partial charge >= 0.3 is 0 Å². The van der Waals surface area contributed by atoms with Gasteiger partial charge in [0.1, 0.15) is 0 Å². The van der Waals surface area contributed by atoms with Gasteiger partial charge in [-0.1, -0.05) is 13.8 Å². The Morgan fingerprint density at radius 2 is 2.07 bits per heavy atom. The Hall–Kier alpha value is -0.570. The zero-order chi connectivity index (χ0) is 11.4. The number of rotatable bonds is 4. The van der Waals surface area contributed by atoms with Gasteiger partial charge in [-0.25, -0.2) is 0 Å². The molecule has 3 atom stereocenters. The summed E-state index contributed by atoms with van der Waals surface area (Å²) in [5, 5.41) is 3.08. The SMILES string of the molecule is CC(C)CC(C)NC(=O)C1CCC(N)C1. The van der Waals surface area contributed by atoms with Gasteiger partial charge < -0.3 is 11.1 Å². The zero-order valence-corrected chi connectivity index (χ0v) is 10.1. The fourth-order valence-electron chi connectivity index (χ4n) is 2.38. The van der Waals surface area contributed by atoms with Crippen LogP contribution >= 0.6 is 0 Å². The van der Waals surface area contributed by atoms with E-state index in [0.29, 0.717) is 5.92 Å². The van der Waals surface area contributed by atoms with Crippen LogP contribution in [0.2, 0.25) is 0 Å². The number of carbonyl (C=O) groups is 1. The normalized spacial score (nSPS) is 28.1. The van der Waals surface area contributed by atoms with Gasteiger partial charge in [0.25, 0.3) is 0 Å². The van der Waals surface area contributed by atoms with Crippen LogP contribution in [-0.2, 0) is 4.79 Å². The molecule has 0 bridgehead atoms. The highest BCUT2D eigenvalue weighted by Crippen LogP contribution is 2.24. The fourth-order valence-corrected chi connectivity index (χ4v) is 2.38. The molecule has 88 valence electrons. The zero-order valence-electron chi connectivity index (χ0n) is 10.1. The maximum absolute atomic E-state index is 11.8. The summed E-state index contributed by atoms with van der Waals surface area (Å²) in [7, 11) is 0. The van der Waals surface area contributed by atoms with Crippen LogP contribution in [0.15, 0.2) is 0 Å². The van der Waals surface area contributed by atoms with E-state index in [1.807, 2.05) is 0 Å². The Bertz CT molecular complexity index is 216. The van der Waals surface area contributed by atoms with E-state index >= 15 is 0 Å². The maximum atomic E-state index is 11.8. The molecule has 1 aliphatic rings. The van der Waals surface area contributed by atoms with Crippen LogP contribution in [-0.4, -0.2) is 18.0 Å². The first-order valence-corrected chi connectivity index (χ1v) is 6.05. The van der Waals surface area contributed by atoms with E-state index in [-0.39, 0.29) is 23.9 Å². The smallest absolute Gasteiger partial charge is 0.223 e. The van der Waals surface area contributed by atoms with Crippen molar-refractivity contribution in [2.24, 2.45) is 17.6 Å². The standard InChI is InChI=1S/C12H24N2O/c1-8(2)6-9(3)14-12(15)10-4-5-11(13)7-10/h8-11H,4-7,13H2,1-3H3,(H,14,15). The Morgan fingerprint density at radius 1 is 1.40 bits per heavy atom. The topological polar surface area (TPSA) is 55.1 Å². The minimum Gasteiger partial charge on any atom is -0.353 e. The molecule has 0 saturated heterocycles. The van der Waals surface area contributed by atoms with Gasteiger partial charge in [0.2, 0.25) is 5.91 Å². The van der Waals surface area contributed by atoms with E-state index in [2.05, 4.69) is 26.1 Å². The number of nitrogens with one attached hydrogen (secondary N) is 1. The molecule has 0 aromatic heterocycles. The van der Waals surface area contributed by atoms with Crippen molar-refractivity contribution in [2.75, 3.05) is 0 Å². The van der Waals surface area contributed by atoms with Gasteiger partial charge in [0, 0.05) is 18.0 Å². The van der Waals surface area contributed by atoms with E-state index in [1.54, 1.807) is 0 Å². The van der Waals surface area contributed by atoms with Crippen LogP contribution in [0.4, 0.5) is 0 Å². The summed E-state index contributed by atoms with van der Waals surface area (Å²) in [4.78, 5) is 11.8. The van der Waals surface area contributed by atoms with E-state index in [9.17, 15) is 4.79 Å². The number of hydrogen-bond acceptors (Lipinski definition) is 2. The van der Waals surface area contributed by atoms with Crippen molar-refractivity contribution in [3.8, 4) is 0 Å². The van der Waals surface area contributed by atoms with Gasteiger partial charge in [-0.05, 0) is 38.5 Å². The molecule has 0 spiro atoms. The van der Waals surface area contributed by atoms with E-state index in [1.165, 1.54) is 0 Å². The van der Waals surface area contributed by atoms with Gasteiger partial charge in [0.05, 0.1) is 0 Å². The summed E-state index contributed by atoms with van der Waals surface area (Å²) in [5.41, 5.74) is 5.79. The molecule has 0 aromatic rings. The summed E-state index contributed by atoms with van der Waals surface area (Å²) in [5.74, 6) is 0.997. The van der Waals surface area contributed by atoms with Crippen LogP contribution in [0, 0.1) is 11.8 Å². The highest BCUT2D eigenvalue weighted by Gasteiger charge is 2.28. The Balaban J connectivity index is 2.29. The monoisotopic (exact) mass is 212 g/mol. The molecule has 0 aromatic carbocycles. The quantitative estimate of drug-likeness (QED) is 0.744. The second kappa shape index (κ2) is 5.50. The lowest BCUT2D eigenvalue weighted by molar-refractivity contribution is -0.125. The maximum Gasteiger partial charge on any atom is 0.223 e. The van der Waals surface area contributed by atoms with E-state index < -0.39 is 0 Å². The van der Waals surface area contributed by atoms with Crippen molar-refractivity contribution >= 4 is 5.91 Å². The highest BCUT2D eigenvalue weighted by atomic mass is 16.1. The van der Waals surface area contributed by atoms with Crippen molar-refractivity contribution in [2.45, 2.75) is 58.5 Å². The molecule has 1 aliphatic carbocycles. The lowest BCUT2D eigenvalue weighted by Crippen LogP contribution is -2.37. The molecule has 3 heteroatoms. The van der Waals surface area contributed by atoms with Crippen molar-refractivity contribution in [3.05, 3.63) is 0 Å². The van der Waals surface area contributed by atoms with E-state index in [4.69, 9.17) is 5.73 Å². The fraction of sp³-hybridized carbons (Fsp3) is 0.917. The first-order valence-electron chi connectivity index (χ1n) is 6.05. The lowest BCUT2D eigenvalue weighted by Gasteiger charge is -2.18. The summed E-state index contributed by atoms with van der Waals surface area (Å²) in [6.45, 7) is 6.43. The molecular formula is C12H24N2O. The molecule has 1 amide bonds. The number of nitrogens with two attached hydrogens (primary N) is 1. The Kier molecular flexibility index (Phi) is 4.58. The van der Waals surface area contributed by atoms with E-state index in [0.717, 1.165) is 25.7 Å². The van der Waals surface area contributed by atoms with Crippen molar-refractivity contribution < 1.29 is 4.79 Å². The van der Waals surface area contributed by atoms with Gasteiger partial charge in [-0.2, -0.15) is 0 Å². The molecule has 15 heavy (non-hydrogen) atoms. The van der Waals surface area contributed by atoms with Crippen molar-refractivity contribution in [1.82, 2.24) is 5.32 Å². The molecule has 1 rings (SSSR count). The molecule has 3 N–H and O–H groups in total. The summed E-state index contributed by atoms with van der Waals surface area (Å²) >= 11 is 0. The highest BCUT2D eigenvalue weighted by molar-refractivity contribution is 5.79. The third-order valence-corrected chi connectivity index (χ3v) is 3.06. The summed E-state index contributed by atoms with van der Waals surface area (Å²) in [6.07, 6.45) is 3.86. The largest absolute Gasteiger partial charge is 0.353 e. The molecule has 0 aliphatic heterocycles. The third kappa shape index (κ3) is 4.20. The molecule has 3 nitrogen and oxygen atoms in total. The number of hydrogen-bond donors (Lipinski definition) is 2. The molecule has 1 fully saturated rings. The summed E-state index contributed by atoms with van der Waals surface area (Å²) in [6, 6.07) is 0.524. The molecule has 3 unspecified atom stereocenters. The number of amides is 1. The second-order valence-electron chi connectivity index (χ2n) is 5.31. The predicted octanol–water partition coefficient (Wildman–Crippen LogP) is 1.66. The molecule has 1 saturated carbocycles. The van der Waals surface area contributed by atoms with Crippen LogP contribution in [0.25, 0.3) is 0 Å². The van der Waals surface area contributed by atoms with Crippen molar-refractivity contribution in [3.63, 3.8) is 0 Å². The molecule has 0 radical (unpaired) electrons. The Morgan fingerprint density at radius 3 is 2.53 bits per heavy atom. The average molecular weight is 212 g/mol. The van der Waals surface area contributed by atoms with Crippen LogP contribution in [0.5, 0.6) is 0 Å². The lowest BCUT2D eigenvalue weighted by atomic mass is 10.0. The average Bonchev–Trinajstić information content (AvgIpc) is 2.49. The van der Waals surface area contributed by atoms with Gasteiger partial charge in [0.15, 0.2) is 0 Å². The Labute approximate surface area is 92.8 Å². The first-order chi connectivity index (χ1) is 6.99. The first kappa shape index (κ1) is 12.5. The summed E-state index contributed by atoms with van der Waals surface area (Å²) < 4.78 is 0. The predicted molar refractivity (Wildman–Crippen MR) is 62.4 cm³/mol. The minimum absolute atomic E-state index is 0.162. The van der Waals surface area contributed by atoms with Gasteiger partial charge in [-0.3, -0.25) is 4.79 Å². The third-order valence-electron chi connectivity index (χ3n) is 3.06. The second-order valence-corrected chi connectivity index (χ2v) is 5.31. The molecular weight excluding hydrogens is 188 g/mol. The van der Waals surface area contributed by atoms with Crippen LogP contribution in [0.3, 0.4) is 0 Å². The number of carbonyl (C=O) groups excluding carboxylic acids is 1. The molecule has 0 heterocycles. The van der Waals surface area contributed by atoms with Crippen LogP contribution < -0.4 is 11.1 Å². The minimum atomic E-state index is 0.162. The van der Waals surface area contributed by atoms with Crippen molar-refractivity contribution in [1.29, 1.82) is 0 Å². The van der Waals surface area contributed by atoms with Gasteiger partial charge in [-0.15, -0.1) is 0 Å².